The van der Waals surface area contributed by atoms with Crippen molar-refractivity contribution in [1.29, 1.82) is 0 Å². The summed E-state index contributed by atoms with van der Waals surface area (Å²) in [6.07, 6.45) is 3.08. The number of para-hydroxylation sites is 1. The summed E-state index contributed by atoms with van der Waals surface area (Å²) in [5, 5.41) is 1.12. The molecule has 0 spiro atoms. The Balaban J connectivity index is 1.40. The molecular weight excluding hydrogens is 346 g/mol. The minimum absolute atomic E-state index is 0.500. The Morgan fingerprint density at radius 1 is 1.19 bits per heavy atom. The number of anilines is 2. The third-order valence-electron chi connectivity index (χ3n) is 5.17. The van der Waals surface area contributed by atoms with Crippen LogP contribution in [-0.4, -0.2) is 46.7 Å². The van der Waals surface area contributed by atoms with Gasteiger partial charge in [-0.25, -0.2) is 15.0 Å². The van der Waals surface area contributed by atoms with Crippen LogP contribution in [-0.2, 0) is 0 Å². The molecule has 0 amide bonds. The fourth-order valence-corrected chi connectivity index (χ4v) is 5.15. The quantitative estimate of drug-likeness (QED) is 0.705. The SMILES string of the molecule is CCOc1cccc2sc(N3C4CC3CN(c3ccnc(C)n3)C4)nc12. The number of thiazole rings is 1. The third-order valence-corrected chi connectivity index (χ3v) is 6.20. The number of aryl methyl sites for hydroxylation is 1. The molecule has 2 aromatic heterocycles. The number of hydrogen-bond acceptors (Lipinski definition) is 7. The van der Waals surface area contributed by atoms with Crippen LogP contribution in [0.25, 0.3) is 10.2 Å². The molecule has 3 aromatic rings. The molecule has 3 saturated heterocycles. The highest BCUT2D eigenvalue weighted by Gasteiger charge is 2.46. The van der Waals surface area contributed by atoms with E-state index in [9.17, 15) is 0 Å². The van der Waals surface area contributed by atoms with Crippen LogP contribution in [0.2, 0.25) is 0 Å². The average Bonchev–Trinajstić information content (AvgIpc) is 3.06. The number of piperidine rings is 1. The predicted molar refractivity (Wildman–Crippen MR) is 104 cm³/mol. The zero-order chi connectivity index (χ0) is 17.7. The molecule has 3 aliphatic rings. The zero-order valence-electron chi connectivity index (χ0n) is 14.9. The molecule has 2 bridgehead atoms. The molecule has 2 atom stereocenters. The fraction of sp³-hybridized carbons (Fsp3) is 0.421. The zero-order valence-corrected chi connectivity index (χ0v) is 15.7. The van der Waals surface area contributed by atoms with Crippen LogP contribution in [0, 0.1) is 6.92 Å². The molecule has 3 aliphatic heterocycles. The van der Waals surface area contributed by atoms with Crippen LogP contribution in [0.4, 0.5) is 10.9 Å². The molecule has 0 radical (unpaired) electrons. The Morgan fingerprint density at radius 3 is 2.81 bits per heavy atom. The molecule has 0 saturated carbocycles. The first-order chi connectivity index (χ1) is 12.7. The van der Waals surface area contributed by atoms with Crippen molar-refractivity contribution < 1.29 is 4.74 Å². The van der Waals surface area contributed by atoms with E-state index in [1.807, 2.05) is 38.2 Å². The van der Waals surface area contributed by atoms with E-state index in [0.717, 1.165) is 41.1 Å². The summed E-state index contributed by atoms with van der Waals surface area (Å²) in [5.41, 5.74) is 0.989. The Morgan fingerprint density at radius 2 is 2.04 bits per heavy atom. The van der Waals surface area contributed by atoms with E-state index in [1.54, 1.807) is 11.3 Å². The fourth-order valence-electron chi connectivity index (χ4n) is 4.02. The van der Waals surface area contributed by atoms with Crippen LogP contribution in [0.15, 0.2) is 30.5 Å². The van der Waals surface area contributed by atoms with Crippen molar-refractivity contribution in [2.24, 2.45) is 0 Å². The van der Waals surface area contributed by atoms with E-state index in [1.165, 1.54) is 11.1 Å². The number of ether oxygens (including phenoxy) is 1. The lowest BCUT2D eigenvalue weighted by Gasteiger charge is -2.56. The van der Waals surface area contributed by atoms with Crippen molar-refractivity contribution in [2.75, 3.05) is 29.5 Å². The van der Waals surface area contributed by atoms with Gasteiger partial charge in [0.1, 0.15) is 22.9 Å². The number of fused-ring (bicyclic) bond motifs is 3. The van der Waals surface area contributed by atoms with E-state index >= 15 is 0 Å². The van der Waals surface area contributed by atoms with E-state index < -0.39 is 0 Å². The normalized spacial score (nSPS) is 21.8. The number of piperazine rings is 1. The van der Waals surface area contributed by atoms with Gasteiger partial charge in [0.15, 0.2) is 5.13 Å². The summed E-state index contributed by atoms with van der Waals surface area (Å²) in [6, 6.07) is 9.19. The molecule has 26 heavy (non-hydrogen) atoms. The first kappa shape index (κ1) is 15.8. The van der Waals surface area contributed by atoms with Gasteiger partial charge in [-0.2, -0.15) is 0 Å². The van der Waals surface area contributed by atoms with Gasteiger partial charge in [-0.1, -0.05) is 17.4 Å². The van der Waals surface area contributed by atoms with Gasteiger partial charge in [0.05, 0.1) is 23.4 Å². The highest BCUT2D eigenvalue weighted by Crippen LogP contribution is 2.42. The third kappa shape index (κ3) is 2.49. The number of nitrogens with zero attached hydrogens (tertiary/aromatic N) is 5. The van der Waals surface area contributed by atoms with Crippen molar-refractivity contribution in [3.05, 3.63) is 36.3 Å². The largest absolute Gasteiger partial charge is 0.492 e. The summed E-state index contributed by atoms with van der Waals surface area (Å²) in [6.45, 7) is 6.59. The van der Waals surface area contributed by atoms with Crippen LogP contribution in [0.1, 0.15) is 19.2 Å². The first-order valence-corrected chi connectivity index (χ1v) is 9.90. The van der Waals surface area contributed by atoms with Crippen molar-refractivity contribution >= 4 is 32.5 Å². The maximum absolute atomic E-state index is 5.75. The molecule has 134 valence electrons. The Hall–Kier alpha value is -2.41. The highest BCUT2D eigenvalue weighted by atomic mass is 32.1. The summed E-state index contributed by atoms with van der Waals surface area (Å²) in [5.74, 6) is 2.75. The van der Waals surface area contributed by atoms with Crippen molar-refractivity contribution in [1.82, 2.24) is 15.0 Å². The molecule has 2 unspecified atom stereocenters. The molecular formula is C19H21N5OS. The number of rotatable bonds is 4. The van der Waals surface area contributed by atoms with Gasteiger partial charge in [-0.05, 0) is 38.5 Å². The first-order valence-electron chi connectivity index (χ1n) is 9.08. The summed E-state index contributed by atoms with van der Waals surface area (Å²) in [7, 11) is 0. The van der Waals surface area contributed by atoms with Crippen LogP contribution in [0.5, 0.6) is 5.75 Å². The van der Waals surface area contributed by atoms with Gasteiger partial charge in [-0.15, -0.1) is 0 Å². The minimum Gasteiger partial charge on any atom is -0.492 e. The molecule has 1 aromatic carbocycles. The molecule has 3 fully saturated rings. The highest BCUT2D eigenvalue weighted by molar-refractivity contribution is 7.22. The molecule has 6 nitrogen and oxygen atoms in total. The Labute approximate surface area is 156 Å². The monoisotopic (exact) mass is 367 g/mol. The van der Waals surface area contributed by atoms with Gasteiger partial charge >= 0.3 is 0 Å². The molecule has 5 heterocycles. The summed E-state index contributed by atoms with van der Waals surface area (Å²) in [4.78, 5) is 18.6. The van der Waals surface area contributed by atoms with Crippen molar-refractivity contribution in [3.63, 3.8) is 0 Å². The van der Waals surface area contributed by atoms with E-state index in [-0.39, 0.29) is 0 Å². The number of benzene rings is 1. The average molecular weight is 367 g/mol. The van der Waals surface area contributed by atoms with Gasteiger partial charge in [0.25, 0.3) is 0 Å². The van der Waals surface area contributed by atoms with Crippen LogP contribution >= 0.6 is 11.3 Å². The lowest BCUT2D eigenvalue weighted by atomic mass is 9.88. The molecule has 0 N–H and O–H groups in total. The maximum Gasteiger partial charge on any atom is 0.187 e. The van der Waals surface area contributed by atoms with Crippen molar-refractivity contribution in [3.8, 4) is 5.75 Å². The van der Waals surface area contributed by atoms with E-state index in [2.05, 4.69) is 25.8 Å². The number of hydrogen-bond donors (Lipinski definition) is 0. The van der Waals surface area contributed by atoms with E-state index in [4.69, 9.17) is 9.72 Å². The predicted octanol–water partition coefficient (Wildman–Crippen LogP) is 3.26. The maximum atomic E-state index is 5.75. The van der Waals surface area contributed by atoms with E-state index in [0.29, 0.717) is 18.7 Å². The topological polar surface area (TPSA) is 54.4 Å². The second-order valence-corrected chi connectivity index (χ2v) is 7.86. The molecule has 0 aliphatic carbocycles. The Bertz CT molecular complexity index is 946. The number of aromatic nitrogens is 3. The standard InChI is InChI=1S/C19H21N5OS/c1-3-25-15-5-4-6-16-18(15)22-19(26-16)24-13-9-14(24)11-23(10-13)17-7-8-20-12(2)21-17/h4-8,13-14H,3,9-11H2,1-2H3. The van der Waals surface area contributed by atoms with Gasteiger partial charge in [-0.3, -0.25) is 0 Å². The van der Waals surface area contributed by atoms with Gasteiger partial charge in [0.2, 0.25) is 0 Å². The minimum atomic E-state index is 0.500. The molecule has 7 heteroatoms. The second kappa shape index (κ2) is 6.09. The lowest BCUT2D eigenvalue weighted by Crippen LogP contribution is -2.69. The van der Waals surface area contributed by atoms with Gasteiger partial charge in [0, 0.05) is 19.3 Å². The molecule has 6 rings (SSSR count). The van der Waals surface area contributed by atoms with Gasteiger partial charge < -0.3 is 14.5 Å². The Kier molecular flexibility index (Phi) is 3.70. The summed E-state index contributed by atoms with van der Waals surface area (Å²) < 4.78 is 6.94. The summed E-state index contributed by atoms with van der Waals surface area (Å²) >= 11 is 1.77. The lowest BCUT2D eigenvalue weighted by molar-refractivity contribution is 0.290. The smallest absolute Gasteiger partial charge is 0.187 e. The van der Waals surface area contributed by atoms with Crippen LogP contribution < -0.4 is 14.5 Å². The van der Waals surface area contributed by atoms with Crippen molar-refractivity contribution in [2.45, 2.75) is 32.4 Å². The second-order valence-electron chi connectivity index (χ2n) is 6.85. The van der Waals surface area contributed by atoms with Crippen LogP contribution in [0.3, 0.4) is 0 Å².